The van der Waals surface area contributed by atoms with Gasteiger partial charge in [0.2, 0.25) is 11.8 Å². The lowest BCUT2D eigenvalue weighted by Crippen LogP contribution is -2.53. The van der Waals surface area contributed by atoms with Gasteiger partial charge in [0.05, 0.1) is 17.7 Å². The van der Waals surface area contributed by atoms with Crippen LogP contribution in [0.15, 0.2) is 102 Å². The van der Waals surface area contributed by atoms with Gasteiger partial charge in [-0.2, -0.15) is 0 Å². The van der Waals surface area contributed by atoms with Crippen molar-refractivity contribution in [2.75, 3.05) is 25.0 Å². The van der Waals surface area contributed by atoms with E-state index in [1.165, 1.54) is 61.5 Å². The molecule has 0 saturated heterocycles. The number of halogens is 3. The summed E-state index contributed by atoms with van der Waals surface area (Å²) in [7, 11) is -1.45. The molecule has 0 aliphatic rings. The highest BCUT2D eigenvalue weighted by atomic mass is 35.5. The number of hydrogen-bond acceptors (Lipinski definition) is 5. The van der Waals surface area contributed by atoms with Gasteiger partial charge in [-0.05, 0) is 71.8 Å². The molecule has 0 spiro atoms. The molecule has 230 valence electrons. The largest absolute Gasteiger partial charge is 0.497 e. The first-order chi connectivity index (χ1) is 21.0. The van der Waals surface area contributed by atoms with Gasteiger partial charge >= 0.3 is 0 Å². The molecule has 4 aromatic carbocycles. The van der Waals surface area contributed by atoms with Crippen molar-refractivity contribution in [2.24, 2.45) is 0 Å². The standard InChI is InChI=1S/C32H30Cl2FN3O5S/c1-36-32(40)30(18-22-6-4-3-5-7-22)37(20-23-8-9-24(33)19-29(23)34)31(39)21-38(26-12-10-25(35)11-13-26)44(41,42)28-16-14-27(43-2)15-17-28/h3-17,19,30H,18,20-21H2,1-2H3,(H,36,40)/t30-/m0/s1. The molecule has 2 amide bonds. The highest BCUT2D eigenvalue weighted by Gasteiger charge is 2.34. The molecular formula is C32H30Cl2FN3O5S. The van der Waals surface area contributed by atoms with Crippen molar-refractivity contribution in [2.45, 2.75) is 23.9 Å². The van der Waals surface area contributed by atoms with Crippen molar-refractivity contribution in [3.63, 3.8) is 0 Å². The summed E-state index contributed by atoms with van der Waals surface area (Å²) in [5.41, 5.74) is 1.33. The Morgan fingerprint density at radius 1 is 0.932 bits per heavy atom. The number of carbonyl (C=O) groups excluding carboxylic acids is 2. The topological polar surface area (TPSA) is 96.0 Å². The second-order valence-electron chi connectivity index (χ2n) is 9.74. The molecule has 0 saturated carbocycles. The van der Waals surface area contributed by atoms with E-state index in [9.17, 15) is 22.4 Å². The van der Waals surface area contributed by atoms with Gasteiger partial charge < -0.3 is 15.0 Å². The molecule has 12 heteroatoms. The molecule has 0 radical (unpaired) electrons. The van der Waals surface area contributed by atoms with Crippen LogP contribution in [0.1, 0.15) is 11.1 Å². The van der Waals surface area contributed by atoms with Gasteiger partial charge in [-0.3, -0.25) is 13.9 Å². The number of hydrogen-bond donors (Lipinski definition) is 1. The number of nitrogens with zero attached hydrogens (tertiary/aromatic N) is 2. The molecule has 1 N–H and O–H groups in total. The molecular weight excluding hydrogens is 628 g/mol. The van der Waals surface area contributed by atoms with Gasteiger partial charge in [0.15, 0.2) is 0 Å². The van der Waals surface area contributed by atoms with Crippen molar-refractivity contribution < 1.29 is 27.1 Å². The normalized spacial score (nSPS) is 11.8. The maximum atomic E-state index is 14.3. The first kappa shape index (κ1) is 32.8. The van der Waals surface area contributed by atoms with E-state index in [4.69, 9.17) is 27.9 Å². The number of methoxy groups -OCH3 is 1. The van der Waals surface area contributed by atoms with E-state index in [1.807, 2.05) is 30.3 Å². The number of carbonyl (C=O) groups is 2. The molecule has 0 bridgehead atoms. The molecule has 4 rings (SSSR count). The molecule has 0 aliphatic carbocycles. The minimum atomic E-state index is -4.35. The summed E-state index contributed by atoms with van der Waals surface area (Å²) in [6.07, 6.45) is 0.138. The average Bonchev–Trinajstić information content (AvgIpc) is 3.03. The quantitative estimate of drug-likeness (QED) is 0.210. The smallest absolute Gasteiger partial charge is 0.264 e. The molecule has 44 heavy (non-hydrogen) atoms. The first-order valence-corrected chi connectivity index (χ1v) is 15.6. The van der Waals surface area contributed by atoms with Crippen LogP contribution in [-0.2, 0) is 32.6 Å². The van der Waals surface area contributed by atoms with Gasteiger partial charge in [-0.1, -0.05) is 59.6 Å². The predicted octanol–water partition coefficient (Wildman–Crippen LogP) is 5.72. The Bertz CT molecular complexity index is 1710. The van der Waals surface area contributed by atoms with E-state index in [1.54, 1.807) is 12.1 Å². The van der Waals surface area contributed by atoms with Crippen molar-refractivity contribution in [1.82, 2.24) is 10.2 Å². The summed E-state index contributed by atoms with van der Waals surface area (Å²) < 4.78 is 47.9. The van der Waals surface area contributed by atoms with Gasteiger partial charge in [0.1, 0.15) is 24.2 Å². The van der Waals surface area contributed by atoms with Crippen LogP contribution >= 0.6 is 23.2 Å². The summed E-state index contributed by atoms with van der Waals surface area (Å²) in [5, 5.41) is 3.27. The van der Waals surface area contributed by atoms with Gasteiger partial charge in [-0.15, -0.1) is 0 Å². The Kier molecular flexibility index (Phi) is 10.9. The van der Waals surface area contributed by atoms with Crippen LogP contribution in [0.2, 0.25) is 10.0 Å². The number of nitrogens with one attached hydrogen (secondary N) is 1. The number of ether oxygens (including phenoxy) is 1. The number of rotatable bonds is 12. The van der Waals surface area contributed by atoms with Crippen LogP contribution in [0.4, 0.5) is 10.1 Å². The maximum Gasteiger partial charge on any atom is 0.264 e. The van der Waals surface area contributed by atoms with Crippen molar-refractivity contribution in [3.05, 3.63) is 124 Å². The molecule has 0 fully saturated rings. The number of sulfonamides is 1. The lowest BCUT2D eigenvalue weighted by molar-refractivity contribution is -0.139. The number of benzene rings is 4. The van der Waals surface area contributed by atoms with E-state index >= 15 is 0 Å². The Balaban J connectivity index is 1.80. The monoisotopic (exact) mass is 657 g/mol. The third-order valence-corrected chi connectivity index (χ3v) is 9.29. The zero-order valence-corrected chi connectivity index (χ0v) is 26.2. The minimum absolute atomic E-state index is 0.0552. The molecule has 8 nitrogen and oxygen atoms in total. The Morgan fingerprint density at radius 3 is 2.18 bits per heavy atom. The van der Waals surface area contributed by atoms with Crippen molar-refractivity contribution in [3.8, 4) is 5.75 Å². The van der Waals surface area contributed by atoms with Crippen LogP contribution in [-0.4, -0.2) is 51.9 Å². The van der Waals surface area contributed by atoms with Crippen LogP contribution in [0, 0.1) is 5.82 Å². The van der Waals surface area contributed by atoms with Crippen molar-refractivity contribution in [1.29, 1.82) is 0 Å². The van der Waals surface area contributed by atoms with E-state index in [2.05, 4.69) is 5.32 Å². The van der Waals surface area contributed by atoms with Gasteiger partial charge in [0, 0.05) is 30.1 Å². The molecule has 4 aromatic rings. The van der Waals surface area contributed by atoms with Gasteiger partial charge in [0.25, 0.3) is 10.0 Å². The van der Waals surface area contributed by atoms with Crippen LogP contribution in [0.25, 0.3) is 0 Å². The summed E-state index contributed by atoms with van der Waals surface area (Å²) in [6, 6.07) is 23.2. The van der Waals surface area contributed by atoms with E-state index in [-0.39, 0.29) is 28.6 Å². The lowest BCUT2D eigenvalue weighted by atomic mass is 10.0. The summed E-state index contributed by atoms with van der Waals surface area (Å²) in [5.74, 6) is -1.29. The lowest BCUT2D eigenvalue weighted by Gasteiger charge is -2.33. The zero-order chi connectivity index (χ0) is 31.9. The molecule has 0 heterocycles. The Morgan fingerprint density at radius 2 is 1.59 bits per heavy atom. The predicted molar refractivity (Wildman–Crippen MR) is 169 cm³/mol. The number of likely N-dealkylation sites (N-methyl/N-ethyl adjacent to an activating group) is 1. The summed E-state index contributed by atoms with van der Waals surface area (Å²) in [4.78, 5) is 28.8. The SMILES string of the molecule is CNC(=O)[C@H](Cc1ccccc1)N(Cc1ccc(Cl)cc1Cl)C(=O)CN(c1ccc(F)cc1)S(=O)(=O)c1ccc(OC)cc1. The highest BCUT2D eigenvalue weighted by molar-refractivity contribution is 7.92. The fourth-order valence-corrected chi connectivity index (χ4v) is 6.45. The Hall–Kier alpha value is -4.12. The molecule has 0 aromatic heterocycles. The Labute approximate surface area is 266 Å². The summed E-state index contributed by atoms with van der Waals surface area (Å²) >= 11 is 12.6. The van der Waals surface area contributed by atoms with E-state index in [0.29, 0.717) is 16.3 Å². The van der Waals surface area contributed by atoms with Crippen LogP contribution < -0.4 is 14.4 Å². The fraction of sp³-hybridized carbons (Fsp3) is 0.188. The van der Waals surface area contributed by atoms with Crippen molar-refractivity contribution >= 4 is 50.7 Å². The van der Waals surface area contributed by atoms with E-state index < -0.39 is 40.2 Å². The fourth-order valence-electron chi connectivity index (χ4n) is 4.57. The molecule has 1 atom stereocenters. The number of amides is 2. The molecule has 0 aliphatic heterocycles. The third-order valence-electron chi connectivity index (χ3n) is 6.91. The maximum absolute atomic E-state index is 14.3. The highest BCUT2D eigenvalue weighted by Crippen LogP contribution is 2.28. The zero-order valence-electron chi connectivity index (χ0n) is 23.9. The summed E-state index contributed by atoms with van der Waals surface area (Å²) in [6.45, 7) is -0.826. The second-order valence-corrected chi connectivity index (χ2v) is 12.4. The first-order valence-electron chi connectivity index (χ1n) is 13.4. The van der Waals surface area contributed by atoms with Gasteiger partial charge in [-0.25, -0.2) is 12.8 Å². The average molecular weight is 659 g/mol. The number of anilines is 1. The third kappa shape index (κ3) is 7.88. The molecule has 0 unspecified atom stereocenters. The van der Waals surface area contributed by atoms with Crippen LogP contribution in [0.3, 0.4) is 0 Å². The second kappa shape index (κ2) is 14.6. The van der Waals surface area contributed by atoms with Crippen LogP contribution in [0.5, 0.6) is 5.75 Å². The minimum Gasteiger partial charge on any atom is -0.497 e. The van der Waals surface area contributed by atoms with E-state index in [0.717, 1.165) is 22.0 Å².